The van der Waals surface area contributed by atoms with Gasteiger partial charge in [0.05, 0.1) is 12.8 Å². The van der Waals surface area contributed by atoms with Crippen LogP contribution >= 0.6 is 0 Å². The van der Waals surface area contributed by atoms with Crippen LogP contribution in [0.25, 0.3) is 6.08 Å². The van der Waals surface area contributed by atoms with Crippen molar-refractivity contribution in [3.8, 4) is 0 Å². The molecule has 7 aliphatic rings. The minimum atomic E-state index is -1.45. The van der Waals surface area contributed by atoms with Crippen LogP contribution in [0.4, 0.5) is 0 Å². The molecule has 0 amide bonds. The molecule has 4 aliphatic carbocycles. The lowest BCUT2D eigenvalue weighted by molar-refractivity contribution is -0.197. The van der Waals surface area contributed by atoms with Crippen LogP contribution in [0.2, 0.25) is 0 Å². The summed E-state index contributed by atoms with van der Waals surface area (Å²) in [5.41, 5.74) is 0.320. The molecule has 2 bridgehead atoms. The number of aliphatic hydroxyl groups is 1. The number of aliphatic hydroxyl groups excluding tert-OH is 1. The van der Waals surface area contributed by atoms with E-state index < -0.39 is 71.0 Å². The van der Waals surface area contributed by atoms with Gasteiger partial charge >= 0.3 is 11.9 Å². The summed E-state index contributed by atoms with van der Waals surface area (Å²) in [4.78, 5) is 54.7. The van der Waals surface area contributed by atoms with E-state index in [0.29, 0.717) is 5.76 Å². The third-order valence-corrected chi connectivity index (χ3v) is 10.2. The van der Waals surface area contributed by atoms with Crippen molar-refractivity contribution in [3.63, 3.8) is 0 Å². The fraction of sp³-hybridized carbons (Fsp3) is 0.353. The number of ketones is 2. The fourth-order valence-electron chi connectivity index (χ4n) is 8.69. The summed E-state index contributed by atoms with van der Waals surface area (Å²) in [5, 5.41) is 11.4. The van der Waals surface area contributed by atoms with Gasteiger partial charge in [-0.05, 0) is 23.3 Å². The van der Waals surface area contributed by atoms with Crippen LogP contribution in [0.15, 0.2) is 89.9 Å². The fourth-order valence-corrected chi connectivity index (χ4v) is 8.69. The number of hydrogen-bond acceptors (Lipinski definition) is 8. The van der Waals surface area contributed by atoms with Crippen molar-refractivity contribution < 1.29 is 38.5 Å². The van der Waals surface area contributed by atoms with E-state index in [9.17, 15) is 24.3 Å². The van der Waals surface area contributed by atoms with Gasteiger partial charge < -0.3 is 19.3 Å². The maximum Gasteiger partial charge on any atom is 0.306 e. The molecule has 3 heterocycles. The van der Waals surface area contributed by atoms with Gasteiger partial charge in [0.2, 0.25) is 0 Å². The first kappa shape index (κ1) is 25.3. The summed E-state index contributed by atoms with van der Waals surface area (Å²) < 4.78 is 18.2. The largest absolute Gasteiger partial charge is 0.508 e. The van der Waals surface area contributed by atoms with Crippen molar-refractivity contribution in [3.05, 3.63) is 101 Å². The molecular weight excluding hydrogens is 536 g/mol. The van der Waals surface area contributed by atoms with E-state index in [1.165, 1.54) is 6.08 Å². The van der Waals surface area contributed by atoms with E-state index >= 15 is 0 Å². The lowest BCUT2D eigenvalue weighted by Gasteiger charge is -2.62. The molecular formula is C34H28O8. The Morgan fingerprint density at radius 2 is 1.52 bits per heavy atom. The Hall–Kier alpha value is -4.46. The second-order valence-electron chi connectivity index (χ2n) is 12.1. The molecule has 212 valence electrons. The number of ether oxygens (including phenoxy) is 3. The highest BCUT2D eigenvalue weighted by Gasteiger charge is 2.77. The summed E-state index contributed by atoms with van der Waals surface area (Å²) in [6.45, 7) is 0. The van der Waals surface area contributed by atoms with Crippen molar-refractivity contribution in [2.75, 3.05) is 0 Å². The van der Waals surface area contributed by atoms with Crippen molar-refractivity contribution >= 4 is 29.6 Å². The van der Waals surface area contributed by atoms with Crippen LogP contribution in [0, 0.1) is 35.0 Å². The SMILES string of the molecule is O=C1C[C@@H]2C(=C(O)C=Cc3ccccc3)C(=O)[C@@H]3[C@@H]([C@@H]4C=C5O[C@H](c6ccccc6)CC(=O)[C@@]53[C@H]3CC(=O)O[C@@H]43)[C@@H]2O1. The molecule has 0 radical (unpaired) electrons. The van der Waals surface area contributed by atoms with Gasteiger partial charge in [-0.3, -0.25) is 19.2 Å². The number of Topliss-reactive ketones (excluding diaryl/α,β-unsaturated/α-hetero) is 2. The van der Waals surface area contributed by atoms with Gasteiger partial charge in [0.15, 0.2) is 11.6 Å². The number of rotatable bonds is 3. The molecule has 8 nitrogen and oxygen atoms in total. The van der Waals surface area contributed by atoms with Crippen LogP contribution in [0.1, 0.15) is 36.5 Å². The topological polar surface area (TPSA) is 116 Å². The summed E-state index contributed by atoms with van der Waals surface area (Å²) in [7, 11) is 0. The first-order valence-corrected chi connectivity index (χ1v) is 14.4. The van der Waals surface area contributed by atoms with Crippen LogP contribution < -0.4 is 0 Å². The lowest BCUT2D eigenvalue weighted by atomic mass is 9.41. The monoisotopic (exact) mass is 564 g/mol. The molecule has 3 saturated heterocycles. The molecule has 0 unspecified atom stereocenters. The van der Waals surface area contributed by atoms with Crippen LogP contribution in [-0.2, 0) is 33.4 Å². The molecule has 2 aromatic rings. The van der Waals surface area contributed by atoms with Gasteiger partial charge in [-0.15, -0.1) is 0 Å². The minimum Gasteiger partial charge on any atom is -0.508 e. The Bertz CT molecular complexity index is 1620. The number of benzene rings is 2. The van der Waals surface area contributed by atoms with E-state index in [2.05, 4.69) is 0 Å². The maximum absolute atomic E-state index is 14.7. The predicted molar refractivity (Wildman–Crippen MR) is 147 cm³/mol. The van der Waals surface area contributed by atoms with Crippen molar-refractivity contribution in [1.29, 1.82) is 0 Å². The van der Waals surface area contributed by atoms with Crippen molar-refractivity contribution in [1.82, 2.24) is 0 Å². The smallest absolute Gasteiger partial charge is 0.306 e. The Morgan fingerprint density at radius 1 is 0.833 bits per heavy atom. The first-order valence-electron chi connectivity index (χ1n) is 14.4. The number of fused-ring (bicyclic) bond motifs is 1. The first-order chi connectivity index (χ1) is 20.4. The summed E-state index contributed by atoms with van der Waals surface area (Å²) >= 11 is 0. The van der Waals surface area contributed by atoms with Gasteiger partial charge in [-0.25, -0.2) is 0 Å². The molecule has 3 aliphatic heterocycles. The lowest BCUT2D eigenvalue weighted by Crippen LogP contribution is -2.69. The molecule has 2 aromatic carbocycles. The van der Waals surface area contributed by atoms with Crippen LogP contribution in [-0.4, -0.2) is 40.8 Å². The van der Waals surface area contributed by atoms with E-state index in [-0.39, 0.29) is 36.4 Å². The van der Waals surface area contributed by atoms with Gasteiger partial charge in [0.25, 0.3) is 0 Å². The standard InChI is InChI=1S/C34H28O8/c35-22(12-11-17-7-3-1-4-8-17)28-20-14-26(37)42-33(20)29-19-13-25-34(30(29)31(28)39,21-15-27(38)41-32(19)21)24(36)16-23(40-25)18-9-5-2-6-10-18/h1-13,19-21,23,29-30,32-33,35H,14-16H2/t19-,20+,21-,23-,29+,30-,32-,33+,34-/m0/s1. The van der Waals surface area contributed by atoms with Gasteiger partial charge in [-0.2, -0.15) is 0 Å². The van der Waals surface area contributed by atoms with E-state index in [1.54, 1.807) is 6.08 Å². The Morgan fingerprint density at radius 3 is 2.29 bits per heavy atom. The Kier molecular flexibility index (Phi) is 5.42. The quantitative estimate of drug-likeness (QED) is 0.331. The predicted octanol–water partition coefficient (Wildman–Crippen LogP) is 4.43. The normalized spacial score (nSPS) is 39.0. The highest BCUT2D eigenvalue weighted by molar-refractivity contribution is 6.07. The Balaban J connectivity index is 1.28. The highest BCUT2D eigenvalue weighted by Crippen LogP contribution is 2.70. The zero-order valence-corrected chi connectivity index (χ0v) is 22.6. The minimum absolute atomic E-state index is 0.00701. The van der Waals surface area contributed by atoms with Gasteiger partial charge in [0.1, 0.15) is 35.2 Å². The number of esters is 2. The Labute approximate surface area is 241 Å². The molecule has 8 heteroatoms. The van der Waals surface area contributed by atoms with Gasteiger partial charge in [0, 0.05) is 41.6 Å². The van der Waals surface area contributed by atoms with Gasteiger partial charge in [-0.1, -0.05) is 66.7 Å². The summed E-state index contributed by atoms with van der Waals surface area (Å²) in [5.74, 6) is -4.59. The average Bonchev–Trinajstić information content (AvgIpc) is 3.59. The zero-order chi connectivity index (χ0) is 28.7. The molecule has 2 saturated carbocycles. The zero-order valence-electron chi connectivity index (χ0n) is 22.6. The van der Waals surface area contributed by atoms with E-state index in [1.807, 2.05) is 66.7 Å². The van der Waals surface area contributed by atoms with Crippen molar-refractivity contribution in [2.45, 2.75) is 37.6 Å². The number of carbonyl (C=O) groups excluding carboxylic acids is 4. The summed E-state index contributed by atoms with van der Waals surface area (Å²) in [6.07, 6.45) is 3.09. The molecule has 0 aromatic heterocycles. The maximum atomic E-state index is 14.7. The second kappa shape index (κ2) is 9.02. The molecule has 42 heavy (non-hydrogen) atoms. The molecule has 9 atom stereocenters. The molecule has 1 N–H and O–H groups in total. The summed E-state index contributed by atoms with van der Waals surface area (Å²) in [6, 6.07) is 18.8. The number of allylic oxidation sites excluding steroid dienone is 2. The molecule has 1 spiro atoms. The third-order valence-electron chi connectivity index (χ3n) is 10.2. The second-order valence-corrected chi connectivity index (χ2v) is 12.1. The third kappa shape index (κ3) is 3.35. The number of carbonyl (C=O) groups is 4. The average molecular weight is 565 g/mol. The highest BCUT2D eigenvalue weighted by atomic mass is 16.6. The van der Waals surface area contributed by atoms with E-state index in [0.717, 1.165) is 11.1 Å². The van der Waals surface area contributed by atoms with Crippen LogP contribution in [0.5, 0.6) is 0 Å². The molecule has 9 rings (SSSR count). The number of hydrogen-bond donors (Lipinski definition) is 1. The van der Waals surface area contributed by atoms with Crippen molar-refractivity contribution in [2.24, 2.45) is 35.0 Å². The van der Waals surface area contributed by atoms with Crippen LogP contribution in [0.3, 0.4) is 0 Å². The van der Waals surface area contributed by atoms with E-state index in [4.69, 9.17) is 14.2 Å². The molecule has 5 fully saturated rings.